The Kier molecular flexibility index (Phi) is 5.22. The van der Waals surface area contributed by atoms with E-state index in [-0.39, 0.29) is 24.9 Å². The predicted octanol–water partition coefficient (Wildman–Crippen LogP) is 7.75. The van der Waals surface area contributed by atoms with E-state index in [1.165, 1.54) is 55.8 Å². The van der Waals surface area contributed by atoms with E-state index in [1.54, 1.807) is 0 Å². The van der Waals surface area contributed by atoms with E-state index in [1.807, 2.05) is 18.8 Å². The molecule has 0 amide bonds. The van der Waals surface area contributed by atoms with E-state index in [4.69, 9.17) is 0 Å². The van der Waals surface area contributed by atoms with Crippen LogP contribution in [0.1, 0.15) is 34.7 Å². The molecule has 3 aliphatic rings. The molecule has 1 N–H and O–H groups in total. The van der Waals surface area contributed by atoms with Gasteiger partial charge in [-0.2, -0.15) is 37.0 Å². The maximum atomic E-state index is 3.56. The predicted molar refractivity (Wildman–Crippen MR) is 151 cm³/mol. The maximum Gasteiger partial charge on any atom is 2.00 e. The number of fused-ring (bicyclic) bond motifs is 10. The minimum absolute atomic E-state index is 0. The Morgan fingerprint density at radius 2 is 1.21 bits per heavy atom. The molecule has 183 valence electrons. The van der Waals surface area contributed by atoms with Crippen molar-refractivity contribution in [3.63, 3.8) is 0 Å². The van der Waals surface area contributed by atoms with Crippen molar-refractivity contribution < 1.29 is 19.5 Å². The second kappa shape index (κ2) is 8.55. The van der Waals surface area contributed by atoms with Gasteiger partial charge in [-0.1, -0.05) is 84.9 Å². The number of nitrogens with zero attached hydrogens (tertiary/aromatic N) is 1. The Hall–Kier alpha value is -3.94. The summed E-state index contributed by atoms with van der Waals surface area (Å²) in [5.41, 5.74) is 15.0. The Labute approximate surface area is 236 Å². The molecule has 5 aromatic carbocycles. The standard InChI is InChI=1S/C35H24N2.Rh/c1-23-34(36-22-37(23)25-11-3-2-4-12-25)24-19-20-29-28-15-7-10-18-32(28)35(33(29)21-24)30-16-8-5-13-26(30)27-14-6-9-17-31(27)35;/h2-11,13-22,36H,1H3;/q-2;+2. The van der Waals surface area contributed by atoms with Crippen LogP contribution < -0.4 is 10.2 Å². The van der Waals surface area contributed by atoms with Gasteiger partial charge in [-0.3, -0.25) is 0 Å². The van der Waals surface area contributed by atoms with Crippen LogP contribution >= 0.6 is 0 Å². The van der Waals surface area contributed by atoms with Gasteiger partial charge in [-0.05, 0) is 63.1 Å². The van der Waals surface area contributed by atoms with Gasteiger partial charge in [0.2, 0.25) is 0 Å². The van der Waals surface area contributed by atoms with Gasteiger partial charge in [0.1, 0.15) is 0 Å². The monoisotopic (exact) mass is 575 g/mol. The van der Waals surface area contributed by atoms with Crippen molar-refractivity contribution in [3.8, 4) is 22.3 Å². The molecule has 3 heteroatoms. The van der Waals surface area contributed by atoms with Crippen LogP contribution in [0, 0.1) is 12.7 Å². The molecule has 38 heavy (non-hydrogen) atoms. The zero-order valence-corrected chi connectivity index (χ0v) is 22.5. The Bertz CT molecular complexity index is 1690. The summed E-state index contributed by atoms with van der Waals surface area (Å²) in [4.78, 5) is 2.17. The Morgan fingerprint density at radius 1 is 0.658 bits per heavy atom. The molecule has 0 unspecified atom stereocenters. The molecular formula is C35H24N2Rh. The van der Waals surface area contributed by atoms with Crippen LogP contribution in [0.2, 0.25) is 0 Å². The van der Waals surface area contributed by atoms with Crippen LogP contribution in [0.3, 0.4) is 0 Å². The summed E-state index contributed by atoms with van der Waals surface area (Å²) in [6.07, 6.45) is 0. The molecule has 1 heterocycles. The van der Waals surface area contributed by atoms with E-state index in [0.29, 0.717) is 0 Å². The number of rotatable bonds is 2. The van der Waals surface area contributed by atoms with Gasteiger partial charge in [0.25, 0.3) is 0 Å². The molecule has 8 rings (SSSR count). The third kappa shape index (κ3) is 2.91. The Balaban J connectivity index is 0.00000242. The van der Waals surface area contributed by atoms with Crippen molar-refractivity contribution in [2.75, 3.05) is 4.90 Å². The number of hydrogen-bond acceptors (Lipinski definition) is 2. The van der Waals surface area contributed by atoms with Crippen molar-refractivity contribution in [2.24, 2.45) is 0 Å². The molecule has 2 aliphatic carbocycles. The maximum absolute atomic E-state index is 3.56. The topological polar surface area (TPSA) is 15.3 Å². The molecule has 0 fully saturated rings. The molecule has 5 aromatic rings. The normalized spacial score (nSPS) is 15.4. The van der Waals surface area contributed by atoms with E-state index < -0.39 is 0 Å². The second-order valence-corrected chi connectivity index (χ2v) is 10.00. The number of hydrogen-bond donors (Lipinski definition) is 1. The molecule has 0 aromatic heterocycles. The molecule has 0 atom stereocenters. The first kappa shape index (κ1) is 23.2. The van der Waals surface area contributed by atoms with Gasteiger partial charge in [-0.15, -0.1) is 5.69 Å². The van der Waals surface area contributed by atoms with Crippen LogP contribution in [-0.4, -0.2) is 0 Å². The summed E-state index contributed by atoms with van der Waals surface area (Å²) in [6, 6.07) is 45.3. The summed E-state index contributed by atoms with van der Waals surface area (Å²) in [7, 11) is 0. The summed E-state index contributed by atoms with van der Waals surface area (Å²) < 4.78 is 0. The van der Waals surface area contributed by atoms with E-state index in [9.17, 15) is 0 Å². The summed E-state index contributed by atoms with van der Waals surface area (Å²) in [6.45, 7) is 4.21. The van der Waals surface area contributed by atoms with E-state index in [2.05, 4.69) is 126 Å². The van der Waals surface area contributed by atoms with Crippen LogP contribution in [-0.2, 0) is 24.9 Å². The fourth-order valence-electron chi connectivity index (χ4n) is 6.78. The van der Waals surface area contributed by atoms with Crippen LogP contribution in [0.25, 0.3) is 28.0 Å². The fraction of sp³-hybridized carbons (Fsp3) is 0.0571. The van der Waals surface area contributed by atoms with Crippen LogP contribution in [0.4, 0.5) is 5.69 Å². The largest absolute Gasteiger partial charge is 2.00 e. The van der Waals surface area contributed by atoms with E-state index >= 15 is 0 Å². The molecule has 1 spiro atoms. The zero-order valence-electron chi connectivity index (χ0n) is 20.8. The van der Waals surface area contributed by atoms with E-state index in [0.717, 1.165) is 11.4 Å². The Morgan fingerprint density at radius 3 is 1.79 bits per heavy atom. The molecule has 2 nitrogen and oxygen atoms in total. The fourth-order valence-corrected chi connectivity index (χ4v) is 6.78. The van der Waals surface area contributed by atoms with Crippen molar-refractivity contribution in [2.45, 2.75) is 12.3 Å². The average molecular weight is 575 g/mol. The molecule has 0 bridgehead atoms. The molecule has 0 saturated carbocycles. The number of anilines is 1. The van der Waals surface area contributed by atoms with Crippen molar-refractivity contribution in [3.05, 3.63) is 162 Å². The third-order valence-corrected chi connectivity index (χ3v) is 8.30. The smallest absolute Gasteiger partial charge is 0.514 e. The SMILES string of the molecule is CC1=C(c2ccc3c(c2)C2(c4ccccc4-c4ccccc42)c2ccccc2-3)N[CH-]N1c1[c-]cccc1.[Rh+2]. The van der Waals surface area contributed by atoms with Gasteiger partial charge in [0.15, 0.2) is 0 Å². The van der Waals surface area contributed by atoms with Gasteiger partial charge < -0.3 is 10.2 Å². The summed E-state index contributed by atoms with van der Waals surface area (Å²) >= 11 is 0. The van der Waals surface area contributed by atoms with Crippen molar-refractivity contribution in [1.82, 2.24) is 5.32 Å². The number of benzene rings is 5. The minimum Gasteiger partial charge on any atom is -0.514 e. The molecule has 1 radical (unpaired) electrons. The summed E-state index contributed by atoms with van der Waals surface area (Å²) in [5, 5.41) is 3.56. The van der Waals surface area contributed by atoms with Gasteiger partial charge in [0.05, 0.1) is 5.41 Å². The van der Waals surface area contributed by atoms with Crippen LogP contribution in [0.15, 0.2) is 121 Å². The van der Waals surface area contributed by atoms with Gasteiger partial charge in [-0.25, -0.2) is 0 Å². The molecule has 0 saturated heterocycles. The van der Waals surface area contributed by atoms with Gasteiger partial charge in [0, 0.05) is 11.4 Å². The average Bonchev–Trinajstić information content (AvgIpc) is 3.59. The zero-order chi connectivity index (χ0) is 24.6. The first-order valence-electron chi connectivity index (χ1n) is 12.8. The number of nitrogens with one attached hydrogen (secondary N) is 1. The first-order valence-corrected chi connectivity index (χ1v) is 12.8. The van der Waals surface area contributed by atoms with Gasteiger partial charge >= 0.3 is 19.5 Å². The minimum atomic E-state index is -0.321. The quantitative estimate of drug-likeness (QED) is 0.168. The number of para-hydroxylation sites is 1. The molecular weight excluding hydrogens is 551 g/mol. The second-order valence-electron chi connectivity index (χ2n) is 10.00. The van der Waals surface area contributed by atoms with Crippen LogP contribution in [0.5, 0.6) is 0 Å². The summed E-state index contributed by atoms with van der Waals surface area (Å²) in [5.74, 6) is 0. The van der Waals surface area contributed by atoms with Crippen molar-refractivity contribution in [1.29, 1.82) is 0 Å². The molecule has 1 aliphatic heterocycles. The third-order valence-electron chi connectivity index (χ3n) is 8.30. The first-order chi connectivity index (χ1) is 18.3. The van der Waals surface area contributed by atoms with Crippen molar-refractivity contribution >= 4 is 11.4 Å². The number of allylic oxidation sites excluding steroid dienone is 1.